The van der Waals surface area contributed by atoms with E-state index in [9.17, 15) is 22.7 Å². The van der Waals surface area contributed by atoms with Crippen LogP contribution < -0.4 is 0 Å². The van der Waals surface area contributed by atoms with E-state index in [4.69, 9.17) is 4.74 Å². The van der Waals surface area contributed by atoms with Crippen molar-refractivity contribution in [1.82, 2.24) is 9.21 Å². The van der Waals surface area contributed by atoms with E-state index < -0.39 is 39.2 Å². The molecule has 0 saturated carbocycles. The largest absolute Gasteiger partial charge is 0.388 e. The van der Waals surface area contributed by atoms with Crippen molar-refractivity contribution in [2.45, 2.75) is 72.4 Å². The average Bonchev–Trinajstić information content (AvgIpc) is 2.83. The molecule has 3 unspecified atom stereocenters. The van der Waals surface area contributed by atoms with Crippen molar-refractivity contribution in [3.63, 3.8) is 0 Å². The molecule has 0 aliphatic carbocycles. The van der Waals surface area contributed by atoms with Gasteiger partial charge in [-0.25, -0.2) is 12.8 Å². The molecule has 3 atom stereocenters. The van der Waals surface area contributed by atoms with E-state index in [1.165, 1.54) is 16.3 Å². The molecule has 1 amide bonds. The van der Waals surface area contributed by atoms with E-state index in [-0.39, 0.29) is 31.7 Å². The highest BCUT2D eigenvalue weighted by Crippen LogP contribution is 2.40. The van der Waals surface area contributed by atoms with Crippen LogP contribution in [0.1, 0.15) is 48.0 Å². The van der Waals surface area contributed by atoms with Crippen molar-refractivity contribution >= 4 is 15.9 Å². The molecule has 0 spiro atoms. The summed E-state index contributed by atoms with van der Waals surface area (Å²) in [6, 6.07) is -0.477. The zero-order chi connectivity index (χ0) is 22.1. The molecule has 0 aromatic rings. The molecule has 1 N–H and O–H groups in total. The number of halogens is 1. The van der Waals surface area contributed by atoms with Crippen LogP contribution in [-0.2, 0) is 19.6 Å². The number of ether oxygens (including phenoxy) is 1. The van der Waals surface area contributed by atoms with Crippen LogP contribution in [0.25, 0.3) is 0 Å². The van der Waals surface area contributed by atoms with Crippen LogP contribution in [-0.4, -0.2) is 86.1 Å². The summed E-state index contributed by atoms with van der Waals surface area (Å²) in [5, 5.41) is 9.63. The number of aliphatic hydroxyl groups excluding tert-OH is 1. The Morgan fingerprint density at radius 2 is 1.82 bits per heavy atom. The number of rotatable bonds is 9. The zero-order valence-electron chi connectivity index (χ0n) is 18.4. The molecule has 28 heavy (non-hydrogen) atoms. The first-order valence-electron chi connectivity index (χ1n) is 9.65. The summed E-state index contributed by atoms with van der Waals surface area (Å²) >= 11 is 0. The molecule has 7 nitrogen and oxygen atoms in total. The maximum absolute atomic E-state index is 13.7. The number of carbonyl (C=O) groups is 1. The SMILES string of the molecule is CC(C)OCC(N(C)S(C)(=O)=O)C(C)(C)CC(C)(C)C(=O)N1CC(O)C(F)C1. The van der Waals surface area contributed by atoms with Gasteiger partial charge >= 0.3 is 0 Å². The Labute approximate surface area is 169 Å². The average molecular weight is 425 g/mol. The van der Waals surface area contributed by atoms with E-state index in [1.807, 2.05) is 27.7 Å². The van der Waals surface area contributed by atoms with Crippen LogP contribution in [0.4, 0.5) is 4.39 Å². The third-order valence-corrected chi connectivity index (χ3v) is 6.74. The maximum Gasteiger partial charge on any atom is 0.228 e. The fraction of sp³-hybridized carbons (Fsp3) is 0.947. The molecule has 1 fully saturated rings. The second kappa shape index (κ2) is 8.93. The highest BCUT2D eigenvalue weighted by Gasteiger charge is 2.46. The summed E-state index contributed by atoms with van der Waals surface area (Å²) in [6.45, 7) is 11.2. The maximum atomic E-state index is 13.7. The third kappa shape index (κ3) is 6.37. The fourth-order valence-corrected chi connectivity index (χ4v) is 4.82. The molecular formula is C19H37FN2O5S. The highest BCUT2D eigenvalue weighted by molar-refractivity contribution is 7.88. The van der Waals surface area contributed by atoms with Gasteiger partial charge in [-0.3, -0.25) is 4.79 Å². The summed E-state index contributed by atoms with van der Waals surface area (Å²) in [4.78, 5) is 14.3. The summed E-state index contributed by atoms with van der Waals surface area (Å²) in [6.07, 6.45) is -1.13. The van der Waals surface area contributed by atoms with E-state index in [0.29, 0.717) is 6.42 Å². The molecule has 166 valence electrons. The minimum atomic E-state index is -3.46. The lowest BCUT2D eigenvalue weighted by molar-refractivity contribution is -0.142. The van der Waals surface area contributed by atoms with Gasteiger partial charge in [0.25, 0.3) is 0 Å². The smallest absolute Gasteiger partial charge is 0.228 e. The summed E-state index contributed by atoms with van der Waals surface area (Å²) < 4.78 is 45.0. The molecule has 0 radical (unpaired) electrons. The Hall–Kier alpha value is -0.770. The number of carbonyl (C=O) groups excluding carboxylic acids is 1. The lowest BCUT2D eigenvalue weighted by Crippen LogP contribution is -2.52. The monoisotopic (exact) mass is 424 g/mol. The summed E-state index contributed by atoms with van der Waals surface area (Å²) in [5.74, 6) is -0.245. The Kier molecular flexibility index (Phi) is 8.06. The van der Waals surface area contributed by atoms with Gasteiger partial charge in [0, 0.05) is 19.0 Å². The quantitative estimate of drug-likeness (QED) is 0.608. The molecular weight excluding hydrogens is 387 g/mol. The summed E-state index contributed by atoms with van der Waals surface area (Å²) in [5.41, 5.74) is -1.46. The fourth-order valence-electron chi connectivity index (χ4n) is 4.01. The molecule has 0 aromatic heterocycles. The molecule has 1 saturated heterocycles. The van der Waals surface area contributed by atoms with Gasteiger partial charge in [0.05, 0.1) is 31.6 Å². The number of alkyl halides is 1. The number of hydrogen-bond acceptors (Lipinski definition) is 5. The number of sulfonamides is 1. The topological polar surface area (TPSA) is 87.2 Å². The molecule has 9 heteroatoms. The van der Waals surface area contributed by atoms with Crippen molar-refractivity contribution < 1.29 is 27.4 Å². The first kappa shape index (κ1) is 25.3. The Balaban J connectivity index is 3.05. The van der Waals surface area contributed by atoms with Crippen molar-refractivity contribution in [3.8, 4) is 0 Å². The van der Waals surface area contributed by atoms with Gasteiger partial charge in [0.1, 0.15) is 12.3 Å². The van der Waals surface area contributed by atoms with Gasteiger partial charge in [-0.15, -0.1) is 0 Å². The Morgan fingerprint density at radius 3 is 2.21 bits per heavy atom. The van der Waals surface area contributed by atoms with Gasteiger partial charge < -0.3 is 14.7 Å². The lowest BCUT2D eigenvalue weighted by atomic mass is 9.70. The Morgan fingerprint density at radius 1 is 1.29 bits per heavy atom. The number of amides is 1. The van der Waals surface area contributed by atoms with E-state index in [1.54, 1.807) is 13.8 Å². The predicted octanol–water partition coefficient (Wildman–Crippen LogP) is 1.66. The lowest BCUT2D eigenvalue weighted by Gasteiger charge is -2.43. The second-order valence-electron chi connectivity index (χ2n) is 9.52. The first-order valence-corrected chi connectivity index (χ1v) is 11.5. The van der Waals surface area contributed by atoms with Crippen LogP contribution in [0.15, 0.2) is 0 Å². The first-order chi connectivity index (χ1) is 12.5. The van der Waals surface area contributed by atoms with E-state index >= 15 is 0 Å². The van der Waals surface area contributed by atoms with Crippen LogP contribution in [0.2, 0.25) is 0 Å². The van der Waals surface area contributed by atoms with Crippen molar-refractivity contribution in [3.05, 3.63) is 0 Å². The number of nitrogens with zero attached hydrogens (tertiary/aromatic N) is 2. The normalized spacial score (nSPS) is 22.9. The van der Waals surface area contributed by atoms with E-state index in [2.05, 4.69) is 0 Å². The van der Waals surface area contributed by atoms with Crippen molar-refractivity contribution in [2.24, 2.45) is 10.8 Å². The minimum absolute atomic E-state index is 0.0208. The Bertz CT molecular complexity index is 641. The summed E-state index contributed by atoms with van der Waals surface area (Å²) in [7, 11) is -1.95. The van der Waals surface area contributed by atoms with Crippen LogP contribution in [0, 0.1) is 10.8 Å². The molecule has 1 rings (SSSR count). The molecule has 1 aliphatic heterocycles. The number of aliphatic hydroxyl groups is 1. The van der Waals surface area contributed by atoms with Crippen molar-refractivity contribution in [2.75, 3.05) is 33.0 Å². The van der Waals surface area contributed by atoms with Crippen molar-refractivity contribution in [1.29, 1.82) is 0 Å². The number of β-amino-alcohol motifs (C(OH)–C–C–N with tert-alkyl or cyclic N) is 1. The van der Waals surface area contributed by atoms with Crippen LogP contribution in [0.3, 0.4) is 0 Å². The van der Waals surface area contributed by atoms with Crippen LogP contribution >= 0.6 is 0 Å². The predicted molar refractivity (Wildman–Crippen MR) is 107 cm³/mol. The second-order valence-corrected chi connectivity index (χ2v) is 11.6. The number of hydrogen-bond donors (Lipinski definition) is 1. The van der Waals surface area contributed by atoms with Gasteiger partial charge in [0.15, 0.2) is 0 Å². The van der Waals surface area contributed by atoms with Crippen LogP contribution in [0.5, 0.6) is 0 Å². The van der Waals surface area contributed by atoms with Gasteiger partial charge in [-0.2, -0.15) is 4.31 Å². The number of likely N-dealkylation sites (N-methyl/N-ethyl adjacent to an activating group) is 1. The molecule has 1 heterocycles. The standard InChI is InChI=1S/C19H37FN2O5S/c1-13(2)27-11-16(21(7)28(8,25)26)18(3,4)12-19(5,6)17(24)22-9-14(20)15(23)10-22/h13-16,23H,9-12H2,1-8H3. The molecule has 0 aromatic carbocycles. The molecule has 0 bridgehead atoms. The van der Waals surface area contributed by atoms with Gasteiger partial charge in [-0.05, 0) is 25.7 Å². The van der Waals surface area contributed by atoms with Gasteiger partial charge in [-0.1, -0.05) is 27.7 Å². The molecule has 1 aliphatic rings. The number of likely N-dealkylation sites (tertiary alicyclic amines) is 1. The highest BCUT2D eigenvalue weighted by atomic mass is 32.2. The zero-order valence-corrected chi connectivity index (χ0v) is 19.2. The van der Waals surface area contributed by atoms with Gasteiger partial charge in [0.2, 0.25) is 15.9 Å². The van der Waals surface area contributed by atoms with E-state index in [0.717, 1.165) is 6.26 Å². The minimum Gasteiger partial charge on any atom is -0.388 e. The third-order valence-electron chi connectivity index (χ3n) is 5.44.